The van der Waals surface area contributed by atoms with Crippen molar-refractivity contribution in [1.82, 2.24) is 15.6 Å². The van der Waals surface area contributed by atoms with Gasteiger partial charge in [0.05, 0.1) is 12.6 Å². The van der Waals surface area contributed by atoms with Gasteiger partial charge in [0, 0.05) is 5.56 Å². The van der Waals surface area contributed by atoms with E-state index < -0.39 is 0 Å². The van der Waals surface area contributed by atoms with Crippen LogP contribution in [0.1, 0.15) is 32.1 Å². The van der Waals surface area contributed by atoms with Crippen LogP contribution in [0.5, 0.6) is 5.75 Å². The first-order valence-electron chi connectivity index (χ1n) is 12.3. The quantitative estimate of drug-likeness (QED) is 0.191. The summed E-state index contributed by atoms with van der Waals surface area (Å²) in [6, 6.07) is 29.1. The van der Waals surface area contributed by atoms with Crippen LogP contribution in [0, 0.1) is 6.92 Å². The van der Waals surface area contributed by atoms with E-state index in [0.717, 1.165) is 33.4 Å². The second kappa shape index (κ2) is 12.1. The van der Waals surface area contributed by atoms with Crippen molar-refractivity contribution in [2.75, 3.05) is 5.32 Å². The van der Waals surface area contributed by atoms with E-state index in [0.29, 0.717) is 28.1 Å². The summed E-state index contributed by atoms with van der Waals surface area (Å²) in [5, 5.41) is 17.9. The highest BCUT2D eigenvalue weighted by Crippen LogP contribution is 2.21. The van der Waals surface area contributed by atoms with Crippen LogP contribution < -0.4 is 15.5 Å². The Balaban J connectivity index is 1.12. The lowest BCUT2D eigenvalue weighted by Crippen LogP contribution is -2.19. The maximum Gasteiger partial charge on any atom is 0.257 e. The zero-order valence-corrected chi connectivity index (χ0v) is 21.9. The molecule has 0 aliphatic carbocycles. The Morgan fingerprint density at radius 1 is 0.949 bits per heavy atom. The lowest BCUT2D eigenvalue weighted by atomic mass is 10.1. The van der Waals surface area contributed by atoms with Gasteiger partial charge in [-0.2, -0.15) is 5.10 Å². The number of fused-ring (bicyclic) bond motifs is 1. The first kappa shape index (κ1) is 25.7. The second-order valence-corrected chi connectivity index (χ2v) is 9.80. The van der Waals surface area contributed by atoms with Gasteiger partial charge in [-0.15, -0.1) is 10.2 Å². The smallest absolute Gasteiger partial charge is 0.257 e. The molecular formula is C30H25N5O3S. The number of benzene rings is 4. The third kappa shape index (κ3) is 6.71. The fraction of sp³-hybridized carbons (Fsp3) is 0.100. The predicted octanol–water partition coefficient (Wildman–Crippen LogP) is 5.52. The van der Waals surface area contributed by atoms with Crippen LogP contribution in [0.4, 0.5) is 5.13 Å². The van der Waals surface area contributed by atoms with Crippen LogP contribution in [0.15, 0.2) is 96.1 Å². The van der Waals surface area contributed by atoms with Crippen LogP contribution in [0.25, 0.3) is 10.8 Å². The molecule has 0 unspecified atom stereocenters. The predicted molar refractivity (Wildman–Crippen MR) is 153 cm³/mol. The number of nitrogens with one attached hydrogen (secondary N) is 2. The van der Waals surface area contributed by atoms with Crippen LogP contribution in [-0.2, 0) is 17.8 Å². The van der Waals surface area contributed by atoms with Crippen molar-refractivity contribution < 1.29 is 14.3 Å². The van der Waals surface area contributed by atoms with Gasteiger partial charge in [0.2, 0.25) is 11.0 Å². The van der Waals surface area contributed by atoms with Crippen molar-refractivity contribution in [2.45, 2.75) is 20.0 Å². The van der Waals surface area contributed by atoms with Crippen molar-refractivity contribution >= 4 is 45.3 Å². The number of carbonyl (C=O) groups is 2. The molecule has 0 atom stereocenters. The molecule has 0 radical (unpaired) electrons. The van der Waals surface area contributed by atoms with Crippen LogP contribution in [0.2, 0.25) is 0 Å². The number of hydrogen-bond acceptors (Lipinski definition) is 7. The molecule has 0 saturated carbocycles. The Hall–Kier alpha value is -4.89. The fourth-order valence-electron chi connectivity index (χ4n) is 3.99. The molecule has 0 spiro atoms. The molecule has 2 N–H and O–H groups in total. The zero-order valence-electron chi connectivity index (χ0n) is 21.1. The number of ether oxygens (including phenoxy) is 1. The van der Waals surface area contributed by atoms with E-state index in [9.17, 15) is 9.59 Å². The third-order valence-electron chi connectivity index (χ3n) is 5.92. The normalized spacial score (nSPS) is 11.0. The Morgan fingerprint density at radius 2 is 1.74 bits per heavy atom. The summed E-state index contributed by atoms with van der Waals surface area (Å²) >= 11 is 1.14. The number of rotatable bonds is 9. The monoisotopic (exact) mass is 535 g/mol. The van der Waals surface area contributed by atoms with E-state index in [1.165, 1.54) is 5.39 Å². The second-order valence-electron chi connectivity index (χ2n) is 8.74. The summed E-state index contributed by atoms with van der Waals surface area (Å²) in [6.45, 7) is 2.30. The summed E-state index contributed by atoms with van der Waals surface area (Å²) in [7, 11) is 0. The summed E-state index contributed by atoms with van der Waals surface area (Å²) in [6.07, 6.45) is 1.54. The minimum Gasteiger partial charge on any atom is -0.489 e. The number of carbonyl (C=O) groups excluding carboxylic acids is 2. The highest BCUT2D eigenvalue weighted by atomic mass is 32.1. The number of hydrazone groups is 1. The van der Waals surface area contributed by atoms with Gasteiger partial charge in [-0.05, 0) is 52.6 Å². The standard InChI is InChI=1S/C30H25N5O3S/c1-20-8-2-4-14-25(20)29(37)32-30-35-34-28(39-30)17-27(36)33-31-18-21-9-6-13-24(16-21)38-19-23-12-7-11-22-10-3-5-15-26(22)23/h2-16,18H,17,19H2,1H3,(H,33,36)(H,32,35,37)/b31-18+. The average molecular weight is 536 g/mol. The maximum absolute atomic E-state index is 12.5. The Kier molecular flexibility index (Phi) is 7.99. The molecule has 5 rings (SSSR count). The molecule has 1 heterocycles. The van der Waals surface area contributed by atoms with Crippen molar-refractivity contribution in [3.8, 4) is 5.75 Å². The van der Waals surface area contributed by atoms with Gasteiger partial charge in [0.15, 0.2) is 0 Å². The first-order valence-corrected chi connectivity index (χ1v) is 13.1. The average Bonchev–Trinajstić information content (AvgIpc) is 3.38. The van der Waals surface area contributed by atoms with Crippen molar-refractivity contribution in [1.29, 1.82) is 0 Å². The van der Waals surface area contributed by atoms with Crippen molar-refractivity contribution in [2.24, 2.45) is 5.10 Å². The summed E-state index contributed by atoms with van der Waals surface area (Å²) in [5.74, 6) is 0.0862. The molecule has 0 saturated heterocycles. The van der Waals surface area contributed by atoms with Crippen LogP contribution in [0.3, 0.4) is 0 Å². The van der Waals surface area contributed by atoms with Crippen LogP contribution in [-0.4, -0.2) is 28.2 Å². The molecule has 2 amide bonds. The largest absolute Gasteiger partial charge is 0.489 e. The SMILES string of the molecule is Cc1ccccc1C(=O)Nc1nnc(CC(=O)N/N=C/c2cccc(OCc3cccc4ccccc34)c2)s1. The fourth-order valence-corrected chi connectivity index (χ4v) is 4.72. The number of nitrogens with zero attached hydrogens (tertiary/aromatic N) is 3. The van der Waals surface area contributed by atoms with Gasteiger partial charge in [-0.25, -0.2) is 5.43 Å². The van der Waals surface area contributed by atoms with E-state index in [1.54, 1.807) is 18.3 Å². The van der Waals surface area contributed by atoms with Gasteiger partial charge in [0.1, 0.15) is 17.4 Å². The number of aryl methyl sites for hydroxylation is 1. The van der Waals surface area contributed by atoms with Gasteiger partial charge in [0.25, 0.3) is 5.91 Å². The van der Waals surface area contributed by atoms with Gasteiger partial charge in [-0.1, -0.05) is 84.1 Å². The minimum atomic E-state index is -0.345. The molecule has 39 heavy (non-hydrogen) atoms. The molecular weight excluding hydrogens is 510 g/mol. The zero-order chi connectivity index (χ0) is 27.0. The lowest BCUT2D eigenvalue weighted by Gasteiger charge is -2.09. The number of hydrogen-bond donors (Lipinski definition) is 2. The number of amides is 2. The van der Waals surface area contributed by atoms with Crippen molar-refractivity contribution in [3.63, 3.8) is 0 Å². The first-order chi connectivity index (χ1) is 19.0. The topological polar surface area (TPSA) is 106 Å². The molecule has 194 valence electrons. The van der Waals surface area contributed by atoms with E-state index in [1.807, 2.05) is 61.5 Å². The Bertz CT molecular complexity index is 1660. The Morgan fingerprint density at radius 3 is 2.64 bits per heavy atom. The summed E-state index contributed by atoms with van der Waals surface area (Å²) in [4.78, 5) is 24.8. The van der Waals surface area contributed by atoms with Gasteiger partial charge in [-0.3, -0.25) is 14.9 Å². The molecule has 1 aromatic heterocycles. The molecule has 0 bridgehead atoms. The molecule has 5 aromatic rings. The highest BCUT2D eigenvalue weighted by molar-refractivity contribution is 7.15. The Labute approximate surface area is 229 Å². The molecule has 9 heteroatoms. The maximum atomic E-state index is 12.5. The number of anilines is 1. The summed E-state index contributed by atoms with van der Waals surface area (Å²) in [5.41, 5.74) is 5.81. The van der Waals surface area contributed by atoms with E-state index >= 15 is 0 Å². The highest BCUT2D eigenvalue weighted by Gasteiger charge is 2.13. The minimum absolute atomic E-state index is 0.0105. The van der Waals surface area contributed by atoms with Gasteiger partial charge < -0.3 is 4.74 Å². The molecule has 0 aliphatic heterocycles. The summed E-state index contributed by atoms with van der Waals surface area (Å²) < 4.78 is 6.02. The van der Waals surface area contributed by atoms with Crippen LogP contribution >= 0.6 is 11.3 Å². The molecule has 0 aliphatic rings. The molecule has 8 nitrogen and oxygen atoms in total. The van der Waals surface area contributed by atoms with Gasteiger partial charge >= 0.3 is 0 Å². The van der Waals surface area contributed by atoms with E-state index in [2.05, 4.69) is 50.3 Å². The lowest BCUT2D eigenvalue weighted by molar-refractivity contribution is -0.120. The number of aromatic nitrogens is 2. The molecule has 0 fully saturated rings. The van der Waals surface area contributed by atoms with E-state index in [-0.39, 0.29) is 18.2 Å². The molecule has 4 aromatic carbocycles. The van der Waals surface area contributed by atoms with E-state index in [4.69, 9.17) is 4.74 Å². The van der Waals surface area contributed by atoms with Crippen molar-refractivity contribution in [3.05, 3.63) is 118 Å². The third-order valence-corrected chi connectivity index (χ3v) is 6.76.